The van der Waals surface area contributed by atoms with Crippen LogP contribution in [-0.4, -0.2) is 25.1 Å². The van der Waals surface area contributed by atoms with Crippen LogP contribution in [0.3, 0.4) is 0 Å². The third-order valence-corrected chi connectivity index (χ3v) is 3.88. The fourth-order valence-electron chi connectivity index (χ4n) is 2.38. The van der Waals surface area contributed by atoms with Gasteiger partial charge in [0.2, 0.25) is 5.95 Å². The molecule has 4 aromatic rings. The molecule has 0 aliphatic rings. The number of rotatable bonds is 5. The van der Waals surface area contributed by atoms with Gasteiger partial charge in [-0.25, -0.2) is 4.98 Å². The van der Waals surface area contributed by atoms with Gasteiger partial charge in [-0.2, -0.15) is 10.1 Å². The summed E-state index contributed by atoms with van der Waals surface area (Å²) >= 11 is 6.18. The Hall–Kier alpha value is -3.19. The summed E-state index contributed by atoms with van der Waals surface area (Å²) in [6, 6.07) is 11.6. The van der Waals surface area contributed by atoms with E-state index in [-0.39, 0.29) is 0 Å². The van der Waals surface area contributed by atoms with Gasteiger partial charge in [-0.3, -0.25) is 10.1 Å². The largest absolute Gasteiger partial charge is 0.363 e. The molecule has 7 nitrogen and oxygen atoms in total. The first-order chi connectivity index (χ1) is 12.3. The van der Waals surface area contributed by atoms with Crippen LogP contribution in [0.15, 0.2) is 55.0 Å². The van der Waals surface area contributed by atoms with E-state index in [1.165, 1.54) is 0 Å². The van der Waals surface area contributed by atoms with Crippen molar-refractivity contribution in [2.45, 2.75) is 6.54 Å². The van der Waals surface area contributed by atoms with Crippen molar-refractivity contribution in [1.82, 2.24) is 25.1 Å². The molecule has 0 unspecified atom stereocenters. The lowest BCUT2D eigenvalue weighted by molar-refractivity contribution is 1.02. The topological polar surface area (TPSA) is 91.4 Å². The number of fused-ring (bicyclic) bond motifs is 1. The second-order valence-electron chi connectivity index (χ2n) is 5.36. The van der Waals surface area contributed by atoms with Crippen LogP contribution in [0.5, 0.6) is 0 Å². The van der Waals surface area contributed by atoms with E-state index in [1.807, 2.05) is 36.4 Å². The number of nitrogens with zero attached hydrogens (tertiary/aromatic N) is 4. The summed E-state index contributed by atoms with van der Waals surface area (Å²) in [6.07, 6.45) is 5.08. The van der Waals surface area contributed by atoms with Crippen molar-refractivity contribution in [2.24, 2.45) is 0 Å². The van der Waals surface area contributed by atoms with Gasteiger partial charge in [0.05, 0.1) is 30.1 Å². The SMILES string of the molecule is Clc1cnc(Nc2ccc3[nH]ncc3c2)nc1NCc1ccccn1. The van der Waals surface area contributed by atoms with Gasteiger partial charge in [-0.05, 0) is 30.3 Å². The predicted octanol–water partition coefficient (Wildman–Crippen LogP) is 3.76. The summed E-state index contributed by atoms with van der Waals surface area (Å²) in [5.41, 5.74) is 2.74. The Morgan fingerprint density at radius 2 is 2.04 bits per heavy atom. The van der Waals surface area contributed by atoms with Crippen molar-refractivity contribution in [3.63, 3.8) is 0 Å². The molecule has 0 saturated carbocycles. The maximum absolute atomic E-state index is 6.18. The van der Waals surface area contributed by atoms with Gasteiger partial charge in [0.15, 0.2) is 5.82 Å². The molecule has 3 N–H and O–H groups in total. The van der Waals surface area contributed by atoms with Crippen LogP contribution in [0.1, 0.15) is 5.69 Å². The lowest BCUT2D eigenvalue weighted by Gasteiger charge is -2.10. The molecule has 0 atom stereocenters. The number of nitrogens with one attached hydrogen (secondary N) is 3. The fourth-order valence-corrected chi connectivity index (χ4v) is 2.54. The van der Waals surface area contributed by atoms with Crippen LogP contribution in [0.25, 0.3) is 10.9 Å². The van der Waals surface area contributed by atoms with Crippen molar-refractivity contribution >= 4 is 40.0 Å². The summed E-state index contributed by atoms with van der Waals surface area (Å²) in [5, 5.41) is 14.7. The number of pyridine rings is 1. The first-order valence-electron chi connectivity index (χ1n) is 7.64. The Kier molecular flexibility index (Phi) is 4.14. The fraction of sp³-hybridized carbons (Fsp3) is 0.0588. The van der Waals surface area contributed by atoms with E-state index in [9.17, 15) is 0 Å². The number of aromatic amines is 1. The van der Waals surface area contributed by atoms with Crippen LogP contribution in [0, 0.1) is 0 Å². The maximum atomic E-state index is 6.18. The molecule has 0 saturated heterocycles. The molecule has 0 bridgehead atoms. The van der Waals surface area contributed by atoms with Crippen LogP contribution in [0.2, 0.25) is 5.02 Å². The third kappa shape index (κ3) is 3.51. The molecule has 0 aliphatic carbocycles. The van der Waals surface area contributed by atoms with Crippen LogP contribution in [0.4, 0.5) is 17.5 Å². The summed E-state index contributed by atoms with van der Waals surface area (Å²) < 4.78 is 0. The monoisotopic (exact) mass is 351 g/mol. The van der Waals surface area contributed by atoms with E-state index in [1.54, 1.807) is 18.6 Å². The number of halogens is 1. The molecule has 0 radical (unpaired) electrons. The molecule has 25 heavy (non-hydrogen) atoms. The molecule has 0 amide bonds. The molecule has 0 fully saturated rings. The highest BCUT2D eigenvalue weighted by atomic mass is 35.5. The molecular weight excluding hydrogens is 338 g/mol. The van der Waals surface area contributed by atoms with Gasteiger partial charge >= 0.3 is 0 Å². The van der Waals surface area contributed by atoms with Crippen molar-refractivity contribution in [3.8, 4) is 0 Å². The Labute approximate surface area is 148 Å². The zero-order valence-corrected chi connectivity index (χ0v) is 13.8. The highest BCUT2D eigenvalue weighted by molar-refractivity contribution is 6.32. The Bertz CT molecular complexity index is 1000. The molecule has 3 aromatic heterocycles. The van der Waals surface area contributed by atoms with E-state index in [0.717, 1.165) is 22.3 Å². The van der Waals surface area contributed by atoms with Gasteiger partial charge in [-0.1, -0.05) is 17.7 Å². The average molecular weight is 352 g/mol. The number of H-pyrrole nitrogens is 1. The summed E-state index contributed by atoms with van der Waals surface area (Å²) in [6.45, 7) is 0.526. The molecule has 1 aromatic carbocycles. The minimum absolute atomic E-state index is 0.451. The second kappa shape index (κ2) is 6.74. The molecule has 3 heterocycles. The quantitative estimate of drug-likeness (QED) is 0.507. The minimum Gasteiger partial charge on any atom is -0.363 e. The minimum atomic E-state index is 0.451. The number of hydrogen-bond donors (Lipinski definition) is 3. The highest BCUT2D eigenvalue weighted by Crippen LogP contribution is 2.23. The standard InChI is InChI=1S/C17H14ClN7/c18-14-10-21-17(23-12-4-5-15-11(7-12)8-22-25-15)24-16(14)20-9-13-3-1-2-6-19-13/h1-8,10H,9H2,(H,22,25)(H2,20,21,23,24). The second-order valence-corrected chi connectivity index (χ2v) is 5.77. The number of aromatic nitrogens is 5. The van der Waals surface area contributed by atoms with Crippen molar-refractivity contribution in [3.05, 3.63) is 65.7 Å². The van der Waals surface area contributed by atoms with Gasteiger partial charge in [0.25, 0.3) is 0 Å². The van der Waals surface area contributed by atoms with E-state index >= 15 is 0 Å². The Morgan fingerprint density at radius 3 is 2.92 bits per heavy atom. The van der Waals surface area contributed by atoms with E-state index in [4.69, 9.17) is 11.6 Å². The van der Waals surface area contributed by atoms with E-state index < -0.39 is 0 Å². The van der Waals surface area contributed by atoms with Crippen molar-refractivity contribution in [2.75, 3.05) is 10.6 Å². The smallest absolute Gasteiger partial charge is 0.229 e. The number of hydrogen-bond acceptors (Lipinski definition) is 6. The first-order valence-corrected chi connectivity index (χ1v) is 8.02. The van der Waals surface area contributed by atoms with E-state index in [0.29, 0.717) is 23.3 Å². The van der Waals surface area contributed by atoms with Crippen LogP contribution >= 0.6 is 11.6 Å². The van der Waals surface area contributed by atoms with Gasteiger partial charge in [0.1, 0.15) is 5.02 Å². The lowest BCUT2D eigenvalue weighted by Crippen LogP contribution is -2.06. The predicted molar refractivity (Wildman–Crippen MR) is 98.0 cm³/mol. The zero-order chi connectivity index (χ0) is 17.1. The summed E-state index contributed by atoms with van der Waals surface area (Å²) in [4.78, 5) is 12.9. The van der Waals surface area contributed by atoms with Gasteiger partial charge in [-0.15, -0.1) is 0 Å². The maximum Gasteiger partial charge on any atom is 0.229 e. The Morgan fingerprint density at radius 1 is 1.08 bits per heavy atom. The van der Waals surface area contributed by atoms with Crippen LogP contribution in [-0.2, 0) is 6.54 Å². The zero-order valence-electron chi connectivity index (χ0n) is 13.1. The van der Waals surface area contributed by atoms with E-state index in [2.05, 4.69) is 35.8 Å². The molecule has 4 rings (SSSR count). The lowest BCUT2D eigenvalue weighted by atomic mass is 10.2. The summed E-state index contributed by atoms with van der Waals surface area (Å²) in [7, 11) is 0. The molecule has 0 spiro atoms. The average Bonchev–Trinajstić information content (AvgIpc) is 3.11. The molecule has 0 aliphatic heterocycles. The van der Waals surface area contributed by atoms with Gasteiger partial charge in [0, 0.05) is 17.3 Å². The Balaban J connectivity index is 1.52. The van der Waals surface area contributed by atoms with Crippen molar-refractivity contribution < 1.29 is 0 Å². The number of anilines is 3. The molecule has 124 valence electrons. The van der Waals surface area contributed by atoms with Crippen LogP contribution < -0.4 is 10.6 Å². The highest BCUT2D eigenvalue weighted by Gasteiger charge is 2.07. The van der Waals surface area contributed by atoms with Gasteiger partial charge < -0.3 is 10.6 Å². The third-order valence-electron chi connectivity index (χ3n) is 3.60. The normalized spacial score (nSPS) is 10.8. The van der Waals surface area contributed by atoms with Crippen molar-refractivity contribution in [1.29, 1.82) is 0 Å². The number of benzene rings is 1. The molecular formula is C17H14ClN7. The summed E-state index contributed by atoms with van der Waals surface area (Å²) in [5.74, 6) is 1.00. The molecule has 8 heteroatoms. The first kappa shape index (κ1) is 15.3.